The van der Waals surface area contributed by atoms with Crippen molar-refractivity contribution in [3.63, 3.8) is 0 Å². The molecule has 3 fully saturated rings. The second-order valence-corrected chi connectivity index (χ2v) is 27.0. The van der Waals surface area contributed by atoms with Crippen LogP contribution >= 0.6 is 0 Å². The highest BCUT2D eigenvalue weighted by molar-refractivity contribution is 6.74. The fourth-order valence-electron chi connectivity index (χ4n) is 8.42. The lowest BCUT2D eigenvalue weighted by Gasteiger charge is -2.62. The van der Waals surface area contributed by atoms with Crippen molar-refractivity contribution in [1.29, 1.82) is 0 Å². The molecule has 0 spiro atoms. The Morgan fingerprint density at radius 3 is 2.20 bits per heavy atom. The Kier molecular flexibility index (Phi) is 8.12. The number of fused-ring (bicyclic) bond motifs is 5. The van der Waals surface area contributed by atoms with E-state index in [9.17, 15) is 14.7 Å². The van der Waals surface area contributed by atoms with E-state index in [0.29, 0.717) is 18.8 Å². The van der Waals surface area contributed by atoms with Gasteiger partial charge in [0, 0.05) is 16.9 Å². The summed E-state index contributed by atoms with van der Waals surface area (Å²) in [7, 11) is -4.35. The molecule has 5 nitrogen and oxygen atoms in total. The van der Waals surface area contributed by atoms with Crippen molar-refractivity contribution in [1.82, 2.24) is 0 Å². The van der Waals surface area contributed by atoms with Gasteiger partial charge in [0.25, 0.3) is 0 Å². The molecule has 4 aliphatic rings. The van der Waals surface area contributed by atoms with Crippen LogP contribution in [0.15, 0.2) is 23.8 Å². The van der Waals surface area contributed by atoms with E-state index in [1.54, 1.807) is 6.08 Å². The molecule has 8 atom stereocenters. The van der Waals surface area contributed by atoms with Crippen LogP contribution in [0.2, 0.25) is 36.3 Å². The SMILES string of the molecule is C[C@H]1C[C@@H]2[C@H]([C@@H](O[Si](C)(C)C(C)(C)C)C[C@@]3(C)[C@H]2CC[C@]3(O)C(=O)CO[Si](C)(C)C(C)(C)C)[C@@]2(C)C=CC(=O)C=C12. The Bertz CT molecular complexity index is 1140. The lowest BCUT2D eigenvalue weighted by Crippen LogP contribution is -2.64. The molecular weight excluding hydrogens is 545 g/mol. The average molecular weight is 603 g/mol. The summed E-state index contributed by atoms with van der Waals surface area (Å²) in [5.74, 6) is 0.880. The number of aliphatic hydroxyl groups is 1. The quantitative estimate of drug-likeness (QED) is 0.313. The first kappa shape index (κ1) is 33.0. The van der Waals surface area contributed by atoms with E-state index in [2.05, 4.69) is 94.6 Å². The summed E-state index contributed by atoms with van der Waals surface area (Å²) < 4.78 is 13.7. The van der Waals surface area contributed by atoms with Gasteiger partial charge in [-0.1, -0.05) is 74.0 Å². The Labute approximate surface area is 252 Å². The number of ketones is 2. The molecule has 0 unspecified atom stereocenters. The van der Waals surface area contributed by atoms with Crippen molar-refractivity contribution in [3.05, 3.63) is 23.8 Å². The molecule has 0 aliphatic heterocycles. The molecule has 0 heterocycles. The van der Waals surface area contributed by atoms with Gasteiger partial charge in [0.05, 0.1) is 6.61 Å². The van der Waals surface area contributed by atoms with Crippen LogP contribution in [0, 0.1) is 34.5 Å². The Morgan fingerprint density at radius 2 is 1.63 bits per heavy atom. The maximum absolute atomic E-state index is 14.1. The molecule has 41 heavy (non-hydrogen) atoms. The lowest BCUT2D eigenvalue weighted by atomic mass is 9.45. The first-order valence-electron chi connectivity index (χ1n) is 15.9. The van der Waals surface area contributed by atoms with Crippen molar-refractivity contribution < 1.29 is 23.5 Å². The monoisotopic (exact) mass is 602 g/mol. The number of carbonyl (C=O) groups excluding carboxylic acids is 2. The third kappa shape index (κ3) is 5.17. The molecule has 4 rings (SSSR count). The first-order valence-corrected chi connectivity index (χ1v) is 21.8. The second kappa shape index (κ2) is 10.1. The van der Waals surface area contributed by atoms with Gasteiger partial charge in [0.15, 0.2) is 28.2 Å². The van der Waals surface area contributed by atoms with Crippen LogP contribution in [0.5, 0.6) is 0 Å². The predicted molar refractivity (Wildman–Crippen MR) is 172 cm³/mol. The predicted octanol–water partition coefficient (Wildman–Crippen LogP) is 7.86. The van der Waals surface area contributed by atoms with Crippen molar-refractivity contribution in [2.24, 2.45) is 34.5 Å². The van der Waals surface area contributed by atoms with Gasteiger partial charge >= 0.3 is 0 Å². The van der Waals surface area contributed by atoms with Gasteiger partial charge in [-0.3, -0.25) is 9.59 Å². The van der Waals surface area contributed by atoms with Crippen LogP contribution in [0.25, 0.3) is 0 Å². The number of hydrogen-bond donors (Lipinski definition) is 1. The zero-order valence-corrected chi connectivity index (χ0v) is 30.2. The molecule has 1 N–H and O–H groups in total. The molecule has 0 amide bonds. The molecule has 0 saturated heterocycles. The van der Waals surface area contributed by atoms with E-state index in [1.807, 2.05) is 6.08 Å². The fourth-order valence-corrected chi connectivity index (χ4v) is 10.7. The summed E-state index contributed by atoms with van der Waals surface area (Å²) in [4.78, 5) is 26.6. The highest BCUT2D eigenvalue weighted by atomic mass is 28.4. The van der Waals surface area contributed by atoms with E-state index in [-0.39, 0.29) is 57.5 Å². The van der Waals surface area contributed by atoms with Crippen LogP contribution in [0.3, 0.4) is 0 Å². The standard InChI is InChI=1S/C34H58O5Si2/c1-22-18-24-25-15-17-34(37,28(36)21-38-40(10,11)30(2,3)4)33(25,9)20-27(39-41(12,13)31(5,6)7)29(24)32(8)16-14-23(35)19-26(22)32/h14,16,19,22,24-25,27,29,37H,15,17-18,20-21H2,1-13H3/t22-,24-,25-,27-,29+,32-,33-,34-/m0/s1. The van der Waals surface area contributed by atoms with Gasteiger partial charge in [0.1, 0.15) is 5.60 Å². The zero-order valence-electron chi connectivity index (χ0n) is 28.2. The number of rotatable bonds is 6. The zero-order chi connectivity index (χ0) is 31.2. The first-order chi connectivity index (χ1) is 18.4. The maximum atomic E-state index is 14.1. The van der Waals surface area contributed by atoms with Crippen molar-refractivity contribution in [3.8, 4) is 0 Å². The molecule has 0 radical (unpaired) electrons. The average Bonchev–Trinajstić information content (AvgIpc) is 3.08. The van der Waals surface area contributed by atoms with E-state index in [4.69, 9.17) is 8.85 Å². The number of hydrogen-bond acceptors (Lipinski definition) is 5. The van der Waals surface area contributed by atoms with E-state index < -0.39 is 27.7 Å². The van der Waals surface area contributed by atoms with E-state index >= 15 is 0 Å². The Morgan fingerprint density at radius 1 is 1.05 bits per heavy atom. The van der Waals surface area contributed by atoms with E-state index in [1.165, 1.54) is 5.57 Å². The highest BCUT2D eigenvalue weighted by Gasteiger charge is 2.69. The van der Waals surface area contributed by atoms with Gasteiger partial charge in [-0.05, 0) is 97.8 Å². The Balaban J connectivity index is 1.76. The molecule has 3 saturated carbocycles. The molecule has 0 aromatic rings. The minimum Gasteiger partial charge on any atom is -0.414 e. The summed E-state index contributed by atoms with van der Waals surface area (Å²) in [6.07, 6.45) is 8.58. The van der Waals surface area contributed by atoms with Crippen LogP contribution in [-0.4, -0.2) is 51.6 Å². The molecule has 0 aromatic carbocycles. The van der Waals surface area contributed by atoms with Crippen LogP contribution in [-0.2, 0) is 18.4 Å². The van der Waals surface area contributed by atoms with Crippen LogP contribution < -0.4 is 0 Å². The topological polar surface area (TPSA) is 72.8 Å². The minimum atomic E-state index is -2.20. The van der Waals surface area contributed by atoms with Gasteiger partial charge < -0.3 is 14.0 Å². The Hall–Kier alpha value is -0.866. The van der Waals surface area contributed by atoms with Crippen molar-refractivity contribution in [2.45, 2.75) is 136 Å². The summed E-state index contributed by atoms with van der Waals surface area (Å²) in [6, 6.07) is 0. The van der Waals surface area contributed by atoms with Crippen LogP contribution in [0.4, 0.5) is 0 Å². The third-order valence-corrected chi connectivity index (χ3v) is 22.0. The number of allylic oxidation sites excluding steroid dienone is 4. The molecule has 0 bridgehead atoms. The highest BCUT2D eigenvalue weighted by Crippen LogP contribution is 2.68. The summed E-state index contributed by atoms with van der Waals surface area (Å²) in [6.45, 7) is 29.0. The normalized spacial score (nSPS) is 39.6. The van der Waals surface area contributed by atoms with Gasteiger partial charge in [0.2, 0.25) is 0 Å². The number of Topliss-reactive ketones (excluding diaryl/α,β-unsaturated/α-hetero) is 1. The van der Waals surface area contributed by atoms with Gasteiger partial charge in [-0.2, -0.15) is 0 Å². The lowest BCUT2D eigenvalue weighted by molar-refractivity contribution is -0.178. The maximum Gasteiger partial charge on any atom is 0.192 e. The molecular formula is C34H58O5Si2. The summed E-state index contributed by atoms with van der Waals surface area (Å²) >= 11 is 0. The molecule has 4 aliphatic carbocycles. The fraction of sp³-hybridized carbons (Fsp3) is 0.824. The second-order valence-electron chi connectivity index (χ2n) is 17.5. The largest absolute Gasteiger partial charge is 0.414 e. The van der Waals surface area contributed by atoms with Gasteiger partial charge in [-0.25, -0.2) is 0 Å². The van der Waals surface area contributed by atoms with Crippen molar-refractivity contribution >= 4 is 28.2 Å². The van der Waals surface area contributed by atoms with Crippen molar-refractivity contribution in [2.75, 3.05) is 6.61 Å². The molecule has 232 valence electrons. The minimum absolute atomic E-state index is 0.00796. The summed E-state index contributed by atoms with van der Waals surface area (Å²) in [5, 5.41) is 12.5. The van der Waals surface area contributed by atoms with E-state index in [0.717, 1.165) is 12.8 Å². The third-order valence-electron chi connectivity index (χ3n) is 13.0. The van der Waals surface area contributed by atoms with Crippen LogP contribution in [0.1, 0.15) is 88.0 Å². The molecule has 7 heteroatoms. The molecule has 0 aromatic heterocycles. The smallest absolute Gasteiger partial charge is 0.192 e. The number of carbonyl (C=O) groups is 2. The summed E-state index contributed by atoms with van der Waals surface area (Å²) in [5.41, 5.74) is -1.08. The van der Waals surface area contributed by atoms with Gasteiger partial charge in [-0.15, -0.1) is 0 Å².